The van der Waals surface area contributed by atoms with Gasteiger partial charge in [-0.2, -0.15) is 0 Å². The number of hydrogen-bond donors (Lipinski definition) is 1. The lowest BCUT2D eigenvalue weighted by Gasteiger charge is -2.25. The molecule has 0 saturated carbocycles. The Hall–Kier alpha value is -1.66. The molecule has 1 saturated heterocycles. The van der Waals surface area contributed by atoms with Crippen LogP contribution >= 0.6 is 11.6 Å². The predicted octanol–water partition coefficient (Wildman–Crippen LogP) is 2.50. The molecular weight excluding hydrogens is 325 g/mol. The lowest BCUT2D eigenvalue weighted by molar-refractivity contribution is -0.139. The summed E-state index contributed by atoms with van der Waals surface area (Å²) in [6.45, 7) is 1.03. The first-order valence-corrected chi connectivity index (χ1v) is 7.89. The van der Waals surface area contributed by atoms with E-state index in [2.05, 4.69) is 0 Å². The fourth-order valence-electron chi connectivity index (χ4n) is 2.55. The molecule has 23 heavy (non-hydrogen) atoms. The first-order chi connectivity index (χ1) is 11.0. The maximum atomic E-state index is 13.8. The maximum Gasteiger partial charge on any atom is 0.305 e. The van der Waals surface area contributed by atoms with Crippen LogP contribution in [0, 0.1) is 5.82 Å². The van der Waals surface area contributed by atoms with E-state index >= 15 is 0 Å². The van der Waals surface area contributed by atoms with Crippen LogP contribution in [-0.4, -0.2) is 47.7 Å². The van der Waals surface area contributed by atoms with Crippen molar-refractivity contribution in [3.63, 3.8) is 0 Å². The lowest BCUT2D eigenvalue weighted by atomic mass is 10.1. The fourth-order valence-corrected chi connectivity index (χ4v) is 2.78. The molecule has 0 spiro atoms. The molecule has 7 heteroatoms. The smallest absolute Gasteiger partial charge is 0.305 e. The number of hydrogen-bond acceptors (Lipinski definition) is 3. The maximum absolute atomic E-state index is 13.8. The second-order valence-electron chi connectivity index (χ2n) is 5.50. The third-order valence-electron chi connectivity index (χ3n) is 3.79. The Kier molecular flexibility index (Phi) is 6.36. The van der Waals surface area contributed by atoms with Crippen LogP contribution in [0.25, 0.3) is 0 Å². The monoisotopic (exact) mass is 343 g/mol. The Balaban J connectivity index is 2.06. The average Bonchev–Trinajstić information content (AvgIpc) is 3.00. The minimum absolute atomic E-state index is 0.0695. The Labute approximate surface area is 139 Å². The van der Waals surface area contributed by atoms with Gasteiger partial charge in [0.15, 0.2) is 0 Å². The zero-order chi connectivity index (χ0) is 16.8. The fraction of sp³-hybridized carbons (Fsp3) is 0.500. The number of halogens is 2. The number of rotatable bonds is 7. The quantitative estimate of drug-likeness (QED) is 0.826. The van der Waals surface area contributed by atoms with Gasteiger partial charge in [0.25, 0.3) is 0 Å². The van der Waals surface area contributed by atoms with E-state index in [9.17, 15) is 14.0 Å². The standard InChI is InChI=1S/C16H19ClFNO4/c17-13-4-1-5-14(18)12(13)9-15(20)19(7-6-16(21)22)10-11-3-2-8-23-11/h1,4-5,11H,2-3,6-10H2,(H,21,22)/t11-/m0/s1. The van der Waals surface area contributed by atoms with Crippen LogP contribution in [0.5, 0.6) is 0 Å². The van der Waals surface area contributed by atoms with E-state index in [-0.39, 0.29) is 42.0 Å². The van der Waals surface area contributed by atoms with Crippen molar-refractivity contribution in [3.8, 4) is 0 Å². The van der Waals surface area contributed by atoms with E-state index in [0.29, 0.717) is 13.2 Å². The number of benzene rings is 1. The summed E-state index contributed by atoms with van der Waals surface area (Å²) in [6, 6.07) is 4.24. The first-order valence-electron chi connectivity index (χ1n) is 7.51. The summed E-state index contributed by atoms with van der Waals surface area (Å²) in [5.74, 6) is -1.88. The minimum Gasteiger partial charge on any atom is -0.481 e. The summed E-state index contributed by atoms with van der Waals surface area (Å²) in [7, 11) is 0. The molecule has 0 radical (unpaired) electrons. The highest BCUT2D eigenvalue weighted by Crippen LogP contribution is 2.21. The van der Waals surface area contributed by atoms with Crippen LogP contribution in [0.4, 0.5) is 4.39 Å². The third-order valence-corrected chi connectivity index (χ3v) is 4.14. The predicted molar refractivity (Wildman–Crippen MR) is 82.9 cm³/mol. The van der Waals surface area contributed by atoms with Gasteiger partial charge in [0.2, 0.25) is 5.91 Å². The normalized spacial score (nSPS) is 17.2. The molecule has 0 aliphatic carbocycles. The van der Waals surface area contributed by atoms with E-state index in [1.54, 1.807) is 0 Å². The molecule has 1 aromatic carbocycles. The second kappa shape index (κ2) is 8.26. The van der Waals surface area contributed by atoms with E-state index in [0.717, 1.165) is 12.8 Å². The van der Waals surface area contributed by atoms with Gasteiger partial charge in [0.05, 0.1) is 18.9 Å². The van der Waals surface area contributed by atoms with Crippen LogP contribution < -0.4 is 0 Å². The Bertz CT molecular complexity index is 555. The number of carbonyl (C=O) groups excluding carboxylic acids is 1. The summed E-state index contributed by atoms with van der Waals surface area (Å²) >= 11 is 5.95. The zero-order valence-corrected chi connectivity index (χ0v) is 13.4. The number of carboxylic acid groups (broad SMARTS) is 1. The van der Waals surface area contributed by atoms with Crippen LogP contribution in [0.3, 0.4) is 0 Å². The van der Waals surface area contributed by atoms with Gasteiger partial charge in [-0.25, -0.2) is 4.39 Å². The summed E-state index contributed by atoms with van der Waals surface area (Å²) < 4.78 is 19.3. The van der Waals surface area contributed by atoms with Gasteiger partial charge in [0.1, 0.15) is 5.82 Å². The summed E-state index contributed by atoms with van der Waals surface area (Å²) in [5.41, 5.74) is 0.131. The van der Waals surface area contributed by atoms with Crippen molar-refractivity contribution >= 4 is 23.5 Å². The third kappa shape index (κ3) is 5.18. The molecule has 126 valence electrons. The number of amides is 1. The molecule has 2 rings (SSSR count). The van der Waals surface area contributed by atoms with Gasteiger partial charge in [-0.15, -0.1) is 0 Å². The highest BCUT2D eigenvalue weighted by molar-refractivity contribution is 6.31. The Morgan fingerprint density at radius 2 is 2.22 bits per heavy atom. The highest BCUT2D eigenvalue weighted by atomic mass is 35.5. The SMILES string of the molecule is O=C(O)CCN(C[C@@H]1CCCO1)C(=O)Cc1c(F)cccc1Cl. The van der Waals surface area contributed by atoms with Crippen LogP contribution in [0.15, 0.2) is 18.2 Å². The topological polar surface area (TPSA) is 66.8 Å². The van der Waals surface area contributed by atoms with Crippen molar-refractivity contribution in [3.05, 3.63) is 34.6 Å². The van der Waals surface area contributed by atoms with Crippen LogP contribution in [-0.2, 0) is 20.7 Å². The Morgan fingerprint density at radius 3 is 2.83 bits per heavy atom. The zero-order valence-electron chi connectivity index (χ0n) is 12.6. The largest absolute Gasteiger partial charge is 0.481 e. The van der Waals surface area contributed by atoms with Gasteiger partial charge < -0.3 is 14.7 Å². The highest BCUT2D eigenvalue weighted by Gasteiger charge is 2.24. The molecule has 1 amide bonds. The number of ether oxygens (including phenoxy) is 1. The molecule has 0 bridgehead atoms. The molecule has 1 heterocycles. The van der Waals surface area contributed by atoms with Gasteiger partial charge in [-0.3, -0.25) is 9.59 Å². The summed E-state index contributed by atoms with van der Waals surface area (Å²) in [6.07, 6.45) is 1.30. The molecule has 1 aromatic rings. The number of carbonyl (C=O) groups is 2. The van der Waals surface area contributed by atoms with Crippen molar-refractivity contribution in [2.24, 2.45) is 0 Å². The van der Waals surface area contributed by atoms with Crippen LogP contribution in [0.1, 0.15) is 24.8 Å². The van der Waals surface area contributed by atoms with Gasteiger partial charge in [-0.1, -0.05) is 17.7 Å². The Morgan fingerprint density at radius 1 is 1.43 bits per heavy atom. The van der Waals surface area contributed by atoms with Gasteiger partial charge in [-0.05, 0) is 25.0 Å². The van der Waals surface area contributed by atoms with Crippen molar-refractivity contribution < 1.29 is 23.8 Å². The molecular formula is C16H19ClFNO4. The first kappa shape index (κ1) is 17.7. The van der Waals surface area contributed by atoms with Gasteiger partial charge >= 0.3 is 5.97 Å². The molecule has 1 fully saturated rings. The molecule has 1 aliphatic heterocycles. The molecule has 0 unspecified atom stereocenters. The van der Waals surface area contributed by atoms with Crippen molar-refractivity contribution in [1.29, 1.82) is 0 Å². The second-order valence-corrected chi connectivity index (χ2v) is 5.90. The molecule has 5 nitrogen and oxygen atoms in total. The molecule has 0 aromatic heterocycles. The number of carboxylic acids is 1. The molecule has 1 atom stereocenters. The average molecular weight is 344 g/mol. The van der Waals surface area contributed by atoms with Crippen molar-refractivity contribution in [1.82, 2.24) is 4.90 Å². The lowest BCUT2D eigenvalue weighted by Crippen LogP contribution is -2.39. The van der Waals surface area contributed by atoms with E-state index < -0.39 is 11.8 Å². The molecule has 1 N–H and O–H groups in total. The van der Waals surface area contributed by atoms with Crippen molar-refractivity contribution in [2.45, 2.75) is 31.8 Å². The number of nitrogens with zero attached hydrogens (tertiary/aromatic N) is 1. The van der Waals surface area contributed by atoms with E-state index in [1.807, 2.05) is 0 Å². The minimum atomic E-state index is -0.987. The molecule has 1 aliphatic rings. The van der Waals surface area contributed by atoms with Crippen LogP contribution in [0.2, 0.25) is 5.02 Å². The van der Waals surface area contributed by atoms with E-state index in [1.165, 1.54) is 23.1 Å². The number of aliphatic carboxylic acids is 1. The summed E-state index contributed by atoms with van der Waals surface area (Å²) in [5, 5.41) is 9.02. The van der Waals surface area contributed by atoms with Gasteiger partial charge in [0, 0.05) is 30.3 Å². The van der Waals surface area contributed by atoms with Crippen molar-refractivity contribution in [2.75, 3.05) is 19.7 Å². The van der Waals surface area contributed by atoms with E-state index in [4.69, 9.17) is 21.4 Å². The summed E-state index contributed by atoms with van der Waals surface area (Å²) in [4.78, 5) is 24.7.